The van der Waals surface area contributed by atoms with E-state index >= 15 is 0 Å². The highest BCUT2D eigenvalue weighted by atomic mass is 16.5. The number of aryl methyl sites for hydroxylation is 1. The Morgan fingerprint density at radius 1 is 1.41 bits per heavy atom. The third-order valence-corrected chi connectivity index (χ3v) is 3.70. The Kier molecular flexibility index (Phi) is 4.53. The highest BCUT2D eigenvalue weighted by molar-refractivity contribution is 5.39. The summed E-state index contributed by atoms with van der Waals surface area (Å²) in [6.45, 7) is 3.27. The van der Waals surface area contributed by atoms with E-state index in [1.54, 1.807) is 6.20 Å². The van der Waals surface area contributed by atoms with E-state index in [0.717, 1.165) is 31.1 Å². The summed E-state index contributed by atoms with van der Waals surface area (Å²) in [6, 6.07) is 1.94. The average molecular weight is 303 g/mol. The molecule has 0 aliphatic carbocycles. The lowest BCUT2D eigenvalue weighted by molar-refractivity contribution is -0.00136. The van der Waals surface area contributed by atoms with Crippen LogP contribution in [0.4, 0.5) is 5.82 Å². The van der Waals surface area contributed by atoms with Crippen molar-refractivity contribution < 1.29 is 9.47 Å². The van der Waals surface area contributed by atoms with Gasteiger partial charge < -0.3 is 19.4 Å². The Bertz CT molecular complexity index is 615. The number of hydrogen-bond acceptors (Lipinski definition) is 6. The molecule has 3 rings (SSSR count). The zero-order valence-electron chi connectivity index (χ0n) is 12.9. The highest BCUT2D eigenvalue weighted by Gasteiger charge is 2.30. The molecule has 0 bridgehead atoms. The molecule has 1 fully saturated rings. The second kappa shape index (κ2) is 6.74. The molecule has 0 unspecified atom stereocenters. The van der Waals surface area contributed by atoms with Gasteiger partial charge in [0.05, 0.1) is 12.6 Å². The summed E-state index contributed by atoms with van der Waals surface area (Å²) in [5.74, 6) is 2.25. The quantitative estimate of drug-likeness (QED) is 0.910. The summed E-state index contributed by atoms with van der Waals surface area (Å²) in [5, 5.41) is 3.44. The fourth-order valence-electron chi connectivity index (χ4n) is 2.67. The maximum absolute atomic E-state index is 5.95. The molecule has 1 saturated heterocycles. The Morgan fingerprint density at radius 3 is 3.09 bits per heavy atom. The molecule has 2 aromatic rings. The minimum absolute atomic E-state index is 0.0840. The first kappa shape index (κ1) is 14.8. The summed E-state index contributed by atoms with van der Waals surface area (Å²) < 4.78 is 13.4. The minimum Gasteiger partial charge on any atom is -0.478 e. The summed E-state index contributed by atoms with van der Waals surface area (Å²) in [4.78, 5) is 12.8. The van der Waals surface area contributed by atoms with Crippen LogP contribution in [0.1, 0.15) is 31.7 Å². The molecule has 0 amide bonds. The topological polar surface area (TPSA) is 74.1 Å². The van der Waals surface area contributed by atoms with Crippen molar-refractivity contribution in [2.24, 2.45) is 7.05 Å². The smallest absolute Gasteiger partial charge is 0.218 e. The monoisotopic (exact) mass is 303 g/mol. The normalized spacial score (nSPS) is 21.5. The average Bonchev–Trinajstić information content (AvgIpc) is 2.95. The highest BCUT2D eigenvalue weighted by Crippen LogP contribution is 2.29. The van der Waals surface area contributed by atoms with Crippen molar-refractivity contribution in [1.29, 1.82) is 0 Å². The molecule has 0 radical (unpaired) electrons. The molecule has 22 heavy (non-hydrogen) atoms. The van der Waals surface area contributed by atoms with Crippen molar-refractivity contribution in [3.05, 3.63) is 30.6 Å². The summed E-state index contributed by atoms with van der Waals surface area (Å²) in [5.41, 5.74) is 0. The number of hydrogen-bond donors (Lipinski definition) is 1. The number of nitrogens with zero attached hydrogens (tertiary/aromatic N) is 4. The van der Waals surface area contributed by atoms with E-state index in [0.29, 0.717) is 12.5 Å². The molecule has 2 aromatic heterocycles. The van der Waals surface area contributed by atoms with Crippen LogP contribution in [0, 0.1) is 0 Å². The van der Waals surface area contributed by atoms with Crippen molar-refractivity contribution in [2.75, 3.05) is 18.5 Å². The van der Waals surface area contributed by atoms with Gasteiger partial charge in [0.15, 0.2) is 0 Å². The molecule has 2 atom stereocenters. The maximum Gasteiger partial charge on any atom is 0.218 e. The molecule has 0 aromatic carbocycles. The third kappa shape index (κ3) is 3.19. The molecule has 3 heterocycles. The van der Waals surface area contributed by atoms with Crippen molar-refractivity contribution in [3.63, 3.8) is 0 Å². The van der Waals surface area contributed by atoms with Crippen LogP contribution in [-0.4, -0.2) is 38.8 Å². The molecule has 7 nitrogen and oxygen atoms in total. The van der Waals surface area contributed by atoms with Gasteiger partial charge in [-0.25, -0.2) is 15.0 Å². The number of nitrogens with one attached hydrogen (secondary N) is 1. The van der Waals surface area contributed by atoms with Gasteiger partial charge in [-0.05, 0) is 19.8 Å². The lowest BCUT2D eigenvalue weighted by Crippen LogP contribution is -2.35. The summed E-state index contributed by atoms with van der Waals surface area (Å²) in [7, 11) is 1.98. The van der Waals surface area contributed by atoms with Crippen LogP contribution in [0.2, 0.25) is 0 Å². The minimum atomic E-state index is -0.0840. The van der Waals surface area contributed by atoms with E-state index < -0.39 is 0 Å². The van der Waals surface area contributed by atoms with Gasteiger partial charge in [0.25, 0.3) is 0 Å². The largest absolute Gasteiger partial charge is 0.478 e. The lowest BCUT2D eigenvalue weighted by Gasteiger charge is -2.32. The van der Waals surface area contributed by atoms with Gasteiger partial charge >= 0.3 is 0 Å². The molecular weight excluding hydrogens is 282 g/mol. The molecule has 7 heteroatoms. The van der Waals surface area contributed by atoms with Gasteiger partial charge in [0.2, 0.25) is 5.88 Å². The first-order valence-corrected chi connectivity index (χ1v) is 7.58. The fourth-order valence-corrected chi connectivity index (χ4v) is 2.67. The van der Waals surface area contributed by atoms with E-state index in [-0.39, 0.29) is 12.1 Å². The van der Waals surface area contributed by atoms with E-state index in [9.17, 15) is 0 Å². The second-order valence-corrected chi connectivity index (χ2v) is 5.26. The van der Waals surface area contributed by atoms with E-state index in [1.807, 2.05) is 30.8 Å². The van der Waals surface area contributed by atoms with Gasteiger partial charge in [-0.1, -0.05) is 0 Å². The molecule has 0 spiro atoms. The predicted octanol–water partition coefficient (Wildman–Crippen LogP) is 1.94. The third-order valence-electron chi connectivity index (χ3n) is 3.70. The van der Waals surface area contributed by atoms with Crippen LogP contribution in [0.25, 0.3) is 0 Å². The zero-order valence-corrected chi connectivity index (χ0v) is 12.9. The lowest BCUT2D eigenvalue weighted by atomic mass is 10.0. The molecule has 1 aliphatic rings. The molecule has 1 N–H and O–H groups in total. The van der Waals surface area contributed by atoms with Crippen LogP contribution < -0.4 is 10.1 Å². The summed E-state index contributed by atoms with van der Waals surface area (Å²) >= 11 is 0. The van der Waals surface area contributed by atoms with Crippen LogP contribution in [-0.2, 0) is 11.8 Å². The van der Waals surface area contributed by atoms with Gasteiger partial charge in [-0.3, -0.25) is 0 Å². The van der Waals surface area contributed by atoms with Crippen LogP contribution in [0.3, 0.4) is 0 Å². The molecule has 0 saturated carbocycles. The number of imidazole rings is 1. The first-order valence-electron chi connectivity index (χ1n) is 7.58. The number of anilines is 1. The Morgan fingerprint density at radius 2 is 2.32 bits per heavy atom. The Balaban J connectivity index is 1.77. The Labute approximate surface area is 129 Å². The van der Waals surface area contributed by atoms with Crippen LogP contribution in [0.5, 0.6) is 5.88 Å². The molecular formula is C15H21N5O2. The SMILES string of the molecule is CCOc1cc(N[C@H]2CCCO[C@@H]2c2nccn2C)ncn1. The van der Waals surface area contributed by atoms with Gasteiger partial charge in [0, 0.05) is 32.1 Å². The molecule has 118 valence electrons. The molecule has 1 aliphatic heterocycles. The van der Waals surface area contributed by atoms with Gasteiger partial charge in [0.1, 0.15) is 24.1 Å². The first-order chi connectivity index (χ1) is 10.8. The van der Waals surface area contributed by atoms with Gasteiger partial charge in [-0.15, -0.1) is 0 Å². The summed E-state index contributed by atoms with van der Waals surface area (Å²) in [6.07, 6.45) is 7.17. The van der Waals surface area contributed by atoms with Crippen LogP contribution >= 0.6 is 0 Å². The van der Waals surface area contributed by atoms with Crippen molar-refractivity contribution >= 4 is 5.82 Å². The second-order valence-electron chi connectivity index (χ2n) is 5.26. The number of aromatic nitrogens is 4. The van der Waals surface area contributed by atoms with Crippen molar-refractivity contribution in [1.82, 2.24) is 19.5 Å². The number of rotatable bonds is 5. The Hall–Kier alpha value is -2.15. The van der Waals surface area contributed by atoms with Crippen molar-refractivity contribution in [2.45, 2.75) is 31.9 Å². The van der Waals surface area contributed by atoms with E-state index in [1.165, 1.54) is 6.33 Å². The van der Waals surface area contributed by atoms with E-state index in [4.69, 9.17) is 9.47 Å². The van der Waals surface area contributed by atoms with Gasteiger partial charge in [-0.2, -0.15) is 0 Å². The standard InChI is InChI=1S/C15H21N5O2/c1-3-21-13-9-12(17-10-18-13)19-11-5-4-8-22-14(11)15-16-6-7-20(15)2/h6-7,9-11,14H,3-5,8H2,1-2H3,(H,17,18,19)/t11-,14-/m0/s1. The van der Waals surface area contributed by atoms with Crippen molar-refractivity contribution in [3.8, 4) is 5.88 Å². The maximum atomic E-state index is 5.95. The fraction of sp³-hybridized carbons (Fsp3) is 0.533. The number of ether oxygens (including phenoxy) is 2. The predicted molar refractivity (Wildman–Crippen MR) is 81.7 cm³/mol. The van der Waals surface area contributed by atoms with E-state index in [2.05, 4.69) is 20.3 Å². The van der Waals surface area contributed by atoms with Crippen LogP contribution in [0.15, 0.2) is 24.8 Å². The zero-order chi connectivity index (χ0) is 15.4.